The predicted octanol–water partition coefficient (Wildman–Crippen LogP) is 1.88. The first-order valence-electron chi connectivity index (χ1n) is 6.69. The molecule has 112 valence electrons. The monoisotopic (exact) mass is 314 g/mol. The fourth-order valence-corrected chi connectivity index (χ4v) is 2.73. The number of anilines is 1. The second kappa shape index (κ2) is 6.10. The zero-order valence-electron chi connectivity index (χ0n) is 12.1. The summed E-state index contributed by atoms with van der Waals surface area (Å²) in [6.07, 6.45) is 1.73. The van der Waals surface area contributed by atoms with Gasteiger partial charge in [0.05, 0.1) is 16.5 Å². The van der Waals surface area contributed by atoms with Crippen molar-refractivity contribution in [2.45, 2.75) is 17.3 Å². The van der Waals surface area contributed by atoms with E-state index in [1.165, 1.54) is 16.4 Å². The summed E-state index contributed by atoms with van der Waals surface area (Å²) >= 11 is 1.31. The number of carbonyl (C=O) groups excluding carboxylic acids is 1. The van der Waals surface area contributed by atoms with E-state index >= 15 is 0 Å². The van der Waals surface area contributed by atoms with Crippen LogP contribution in [0, 0.1) is 0 Å². The second-order valence-electron chi connectivity index (χ2n) is 4.71. The fraction of sp³-hybridized carbons (Fsp3) is 0.214. The maximum Gasteiger partial charge on any atom is 0.237 e. The lowest BCUT2D eigenvalue weighted by atomic mass is 10.2. The van der Waals surface area contributed by atoms with Crippen LogP contribution in [0.3, 0.4) is 0 Å². The number of carbonyl (C=O) groups is 1. The molecule has 8 heteroatoms. The molecule has 1 amide bonds. The van der Waals surface area contributed by atoms with Crippen molar-refractivity contribution < 1.29 is 4.79 Å². The molecule has 0 fully saturated rings. The van der Waals surface area contributed by atoms with E-state index in [1.54, 1.807) is 13.2 Å². The summed E-state index contributed by atoms with van der Waals surface area (Å²) in [4.78, 5) is 16.6. The molecule has 3 aromatic rings. The van der Waals surface area contributed by atoms with E-state index in [2.05, 4.69) is 25.8 Å². The average Bonchev–Trinajstić information content (AvgIpc) is 2.93. The number of thioether (sulfide) groups is 1. The Morgan fingerprint density at radius 3 is 2.95 bits per heavy atom. The molecule has 1 aromatic carbocycles. The van der Waals surface area contributed by atoms with Gasteiger partial charge in [0.2, 0.25) is 11.1 Å². The van der Waals surface area contributed by atoms with Gasteiger partial charge in [-0.25, -0.2) is 4.68 Å². The first-order chi connectivity index (χ1) is 10.6. The Morgan fingerprint density at radius 2 is 2.18 bits per heavy atom. The third-order valence-corrected chi connectivity index (χ3v) is 4.26. The van der Waals surface area contributed by atoms with Gasteiger partial charge in [0.15, 0.2) is 0 Å². The maximum atomic E-state index is 12.4. The molecule has 1 atom stereocenters. The third kappa shape index (κ3) is 2.91. The standard InChI is InChI=1S/C14H14N6OS/c1-9(22-14-17-18-19-20(14)2)13(21)16-12-7-3-6-11-10(12)5-4-8-15-11/h3-9H,1-2H3,(H,16,21). The Hall–Kier alpha value is -2.48. The third-order valence-electron chi connectivity index (χ3n) is 3.14. The van der Waals surface area contributed by atoms with Gasteiger partial charge < -0.3 is 5.32 Å². The van der Waals surface area contributed by atoms with E-state index in [4.69, 9.17) is 0 Å². The summed E-state index contributed by atoms with van der Waals surface area (Å²) in [5, 5.41) is 15.3. The van der Waals surface area contributed by atoms with Gasteiger partial charge in [-0.2, -0.15) is 0 Å². The Kier molecular flexibility index (Phi) is 4.01. The quantitative estimate of drug-likeness (QED) is 0.740. The molecule has 7 nitrogen and oxygen atoms in total. The van der Waals surface area contributed by atoms with E-state index in [9.17, 15) is 4.79 Å². The topological polar surface area (TPSA) is 85.6 Å². The van der Waals surface area contributed by atoms with E-state index in [0.717, 1.165) is 16.6 Å². The first kappa shape index (κ1) is 14.5. The highest BCUT2D eigenvalue weighted by Crippen LogP contribution is 2.24. The Balaban J connectivity index is 1.77. The van der Waals surface area contributed by atoms with Crippen LogP contribution in [0.15, 0.2) is 41.7 Å². The molecule has 1 unspecified atom stereocenters. The minimum absolute atomic E-state index is 0.107. The van der Waals surface area contributed by atoms with E-state index in [1.807, 2.05) is 37.3 Å². The molecule has 0 aliphatic heterocycles. The number of fused-ring (bicyclic) bond motifs is 1. The number of rotatable bonds is 4. The molecule has 0 aliphatic carbocycles. The van der Waals surface area contributed by atoms with Gasteiger partial charge in [-0.15, -0.1) is 5.10 Å². The van der Waals surface area contributed by atoms with Gasteiger partial charge in [-0.1, -0.05) is 17.8 Å². The average molecular weight is 314 g/mol. The van der Waals surface area contributed by atoms with Crippen LogP contribution in [0.4, 0.5) is 5.69 Å². The van der Waals surface area contributed by atoms with Crippen molar-refractivity contribution in [2.75, 3.05) is 5.32 Å². The number of hydrogen-bond acceptors (Lipinski definition) is 6. The van der Waals surface area contributed by atoms with Crippen molar-refractivity contribution in [1.82, 2.24) is 25.2 Å². The summed E-state index contributed by atoms with van der Waals surface area (Å²) in [5.74, 6) is -0.107. The molecule has 2 aromatic heterocycles. The molecule has 0 radical (unpaired) electrons. The molecule has 0 spiro atoms. The van der Waals surface area contributed by atoms with Crippen molar-refractivity contribution in [2.24, 2.45) is 7.05 Å². The van der Waals surface area contributed by atoms with E-state index in [0.29, 0.717) is 5.16 Å². The largest absolute Gasteiger partial charge is 0.324 e. The molecule has 22 heavy (non-hydrogen) atoms. The van der Waals surface area contributed by atoms with Gasteiger partial charge in [-0.05, 0) is 41.6 Å². The number of nitrogens with one attached hydrogen (secondary N) is 1. The molecule has 0 saturated heterocycles. The molecule has 3 rings (SSSR count). The molecule has 0 saturated carbocycles. The van der Waals surface area contributed by atoms with E-state index in [-0.39, 0.29) is 11.2 Å². The van der Waals surface area contributed by atoms with Gasteiger partial charge in [-0.3, -0.25) is 9.78 Å². The van der Waals surface area contributed by atoms with Gasteiger partial charge >= 0.3 is 0 Å². The van der Waals surface area contributed by atoms with Gasteiger partial charge in [0.25, 0.3) is 0 Å². The lowest BCUT2D eigenvalue weighted by molar-refractivity contribution is -0.115. The summed E-state index contributed by atoms with van der Waals surface area (Å²) in [6.45, 7) is 1.82. The van der Waals surface area contributed by atoms with Gasteiger partial charge in [0.1, 0.15) is 0 Å². The molecule has 1 N–H and O–H groups in total. The number of aromatic nitrogens is 5. The smallest absolute Gasteiger partial charge is 0.237 e. The number of benzene rings is 1. The highest BCUT2D eigenvalue weighted by atomic mass is 32.2. The Morgan fingerprint density at radius 1 is 1.32 bits per heavy atom. The zero-order chi connectivity index (χ0) is 15.5. The SMILES string of the molecule is CC(Sc1nnnn1C)C(=O)Nc1cccc2ncccc12. The minimum atomic E-state index is -0.323. The molecule has 0 bridgehead atoms. The summed E-state index contributed by atoms with van der Waals surface area (Å²) < 4.78 is 1.54. The van der Waals surface area contributed by atoms with Crippen LogP contribution in [0.25, 0.3) is 10.9 Å². The normalized spacial score (nSPS) is 12.3. The van der Waals surface area contributed by atoms with Crippen molar-refractivity contribution >= 4 is 34.3 Å². The lowest BCUT2D eigenvalue weighted by Gasteiger charge is -2.12. The number of hydrogen-bond donors (Lipinski definition) is 1. The van der Waals surface area contributed by atoms with Crippen molar-refractivity contribution in [3.05, 3.63) is 36.5 Å². The number of aryl methyl sites for hydroxylation is 1. The second-order valence-corrected chi connectivity index (χ2v) is 6.02. The number of tetrazole rings is 1. The zero-order valence-corrected chi connectivity index (χ0v) is 12.9. The van der Waals surface area contributed by atoms with Crippen molar-refractivity contribution in [3.8, 4) is 0 Å². The van der Waals surface area contributed by atoms with Crippen molar-refractivity contribution in [3.63, 3.8) is 0 Å². The van der Waals surface area contributed by atoms with Crippen LogP contribution < -0.4 is 5.32 Å². The first-order valence-corrected chi connectivity index (χ1v) is 7.57. The van der Waals surface area contributed by atoms with Crippen LogP contribution in [0.1, 0.15) is 6.92 Å². The number of amides is 1. The Bertz CT molecular complexity index is 812. The van der Waals surface area contributed by atoms with Crippen LogP contribution >= 0.6 is 11.8 Å². The van der Waals surface area contributed by atoms with Crippen LogP contribution in [0.2, 0.25) is 0 Å². The summed E-state index contributed by atoms with van der Waals surface area (Å²) in [6, 6.07) is 9.43. The molecule has 0 aliphatic rings. The highest BCUT2D eigenvalue weighted by molar-refractivity contribution is 8.00. The van der Waals surface area contributed by atoms with Crippen LogP contribution in [0.5, 0.6) is 0 Å². The predicted molar refractivity (Wildman–Crippen MR) is 84.5 cm³/mol. The number of nitrogens with zero attached hydrogens (tertiary/aromatic N) is 5. The summed E-state index contributed by atoms with van der Waals surface area (Å²) in [5.41, 5.74) is 1.59. The molecule has 2 heterocycles. The van der Waals surface area contributed by atoms with Crippen LogP contribution in [-0.4, -0.2) is 36.3 Å². The molecular formula is C14H14N6OS. The van der Waals surface area contributed by atoms with Gasteiger partial charge in [0, 0.05) is 18.6 Å². The fourth-order valence-electron chi connectivity index (χ4n) is 1.98. The van der Waals surface area contributed by atoms with Crippen molar-refractivity contribution in [1.29, 1.82) is 0 Å². The summed E-state index contributed by atoms with van der Waals surface area (Å²) in [7, 11) is 1.74. The minimum Gasteiger partial charge on any atom is -0.324 e. The lowest BCUT2D eigenvalue weighted by Crippen LogP contribution is -2.23. The number of pyridine rings is 1. The van der Waals surface area contributed by atoms with Crippen LogP contribution in [-0.2, 0) is 11.8 Å². The molecular weight excluding hydrogens is 300 g/mol. The highest BCUT2D eigenvalue weighted by Gasteiger charge is 2.18. The van der Waals surface area contributed by atoms with E-state index < -0.39 is 0 Å². The Labute approximate surface area is 131 Å². The maximum absolute atomic E-state index is 12.4.